The Bertz CT molecular complexity index is 938. The summed E-state index contributed by atoms with van der Waals surface area (Å²) in [7, 11) is -3.54. The topological polar surface area (TPSA) is 66.5 Å². The molecule has 0 atom stereocenters. The Hall–Kier alpha value is -2.18. The standard InChI is InChI=1S/C21H26N2O3S/c1-3-21(24)23-13-11-18-15-19(9-10-20(18)23)27(25,26)22-12-5-8-17-7-4-6-16(2)14-17/h4,6-7,9-10,14-15,22H,3,5,8,11-13H2,1-2H3. The van der Waals surface area contributed by atoms with Gasteiger partial charge in [-0.15, -0.1) is 0 Å². The first-order chi connectivity index (χ1) is 12.9. The molecule has 144 valence electrons. The molecule has 0 fully saturated rings. The van der Waals surface area contributed by atoms with Gasteiger partial charge in [-0.3, -0.25) is 4.79 Å². The largest absolute Gasteiger partial charge is 0.312 e. The number of fused-ring (bicyclic) bond motifs is 1. The first kappa shape index (κ1) is 19.6. The number of nitrogens with zero attached hydrogens (tertiary/aromatic N) is 1. The Morgan fingerprint density at radius 3 is 2.74 bits per heavy atom. The Morgan fingerprint density at radius 1 is 1.19 bits per heavy atom. The van der Waals surface area contributed by atoms with Gasteiger partial charge in [-0.1, -0.05) is 36.8 Å². The van der Waals surface area contributed by atoms with Crippen LogP contribution in [-0.4, -0.2) is 27.4 Å². The van der Waals surface area contributed by atoms with Gasteiger partial charge >= 0.3 is 0 Å². The number of benzene rings is 2. The van der Waals surface area contributed by atoms with Gasteiger partial charge in [0, 0.05) is 25.2 Å². The highest BCUT2D eigenvalue weighted by Gasteiger charge is 2.25. The lowest BCUT2D eigenvalue weighted by atomic mass is 10.1. The van der Waals surface area contributed by atoms with Gasteiger partial charge in [-0.2, -0.15) is 0 Å². The summed E-state index contributed by atoms with van der Waals surface area (Å²) in [6, 6.07) is 13.3. The summed E-state index contributed by atoms with van der Waals surface area (Å²) in [6.45, 7) is 4.90. The molecule has 5 nitrogen and oxygen atoms in total. The minimum Gasteiger partial charge on any atom is -0.312 e. The molecule has 3 rings (SSSR count). The quantitative estimate of drug-likeness (QED) is 0.743. The van der Waals surface area contributed by atoms with Gasteiger partial charge in [0.1, 0.15) is 0 Å². The second-order valence-electron chi connectivity index (χ2n) is 6.93. The number of carbonyl (C=O) groups excluding carboxylic acids is 1. The summed E-state index contributed by atoms with van der Waals surface area (Å²) in [5.74, 6) is 0.0682. The van der Waals surface area contributed by atoms with Crippen molar-refractivity contribution in [2.45, 2.75) is 44.4 Å². The number of rotatable bonds is 7. The number of anilines is 1. The Morgan fingerprint density at radius 2 is 2.00 bits per heavy atom. The third-order valence-electron chi connectivity index (χ3n) is 4.88. The van der Waals surface area contributed by atoms with Gasteiger partial charge in [0.2, 0.25) is 15.9 Å². The number of nitrogens with one attached hydrogen (secondary N) is 1. The third kappa shape index (κ3) is 4.57. The molecule has 0 bridgehead atoms. The van der Waals surface area contributed by atoms with E-state index in [4.69, 9.17) is 0 Å². The molecule has 0 radical (unpaired) electrons. The summed E-state index contributed by atoms with van der Waals surface area (Å²) >= 11 is 0. The van der Waals surface area contributed by atoms with Gasteiger partial charge in [0.25, 0.3) is 0 Å². The highest BCUT2D eigenvalue weighted by Crippen LogP contribution is 2.30. The molecule has 27 heavy (non-hydrogen) atoms. The van der Waals surface area contributed by atoms with Crippen LogP contribution in [-0.2, 0) is 27.7 Å². The zero-order chi connectivity index (χ0) is 19.4. The number of aryl methyl sites for hydroxylation is 2. The first-order valence-corrected chi connectivity index (χ1v) is 10.9. The predicted molar refractivity (Wildman–Crippen MR) is 107 cm³/mol. The molecule has 0 spiro atoms. The van der Waals surface area contributed by atoms with E-state index < -0.39 is 10.0 Å². The smallest absolute Gasteiger partial charge is 0.240 e. The lowest BCUT2D eigenvalue weighted by Crippen LogP contribution is -2.28. The fourth-order valence-corrected chi connectivity index (χ4v) is 4.57. The van der Waals surface area contributed by atoms with Crippen molar-refractivity contribution in [3.8, 4) is 0 Å². The van der Waals surface area contributed by atoms with Gasteiger partial charge < -0.3 is 4.90 Å². The molecule has 1 N–H and O–H groups in total. The molecule has 1 heterocycles. The highest BCUT2D eigenvalue weighted by atomic mass is 32.2. The molecule has 0 aliphatic carbocycles. The number of carbonyl (C=O) groups is 1. The molecular formula is C21H26N2O3S. The monoisotopic (exact) mass is 386 g/mol. The summed E-state index contributed by atoms with van der Waals surface area (Å²) in [5, 5.41) is 0. The Kier molecular flexibility index (Phi) is 5.97. The third-order valence-corrected chi connectivity index (χ3v) is 6.34. The molecule has 1 aliphatic heterocycles. The van der Waals surface area contributed by atoms with Gasteiger partial charge in [0.15, 0.2) is 0 Å². The molecule has 0 saturated carbocycles. The van der Waals surface area contributed by atoms with Crippen LogP contribution in [0.3, 0.4) is 0 Å². The van der Waals surface area contributed by atoms with Gasteiger partial charge in [-0.05, 0) is 55.5 Å². The van der Waals surface area contributed by atoms with E-state index in [1.807, 2.05) is 13.0 Å². The van der Waals surface area contributed by atoms with Crippen LogP contribution in [0.25, 0.3) is 0 Å². The van der Waals surface area contributed by atoms with E-state index in [2.05, 4.69) is 29.8 Å². The maximum absolute atomic E-state index is 12.6. The normalized spacial score (nSPS) is 13.6. The number of hydrogen-bond acceptors (Lipinski definition) is 3. The molecule has 6 heteroatoms. The lowest BCUT2D eigenvalue weighted by molar-refractivity contribution is -0.118. The van der Waals surface area contributed by atoms with E-state index in [9.17, 15) is 13.2 Å². The van der Waals surface area contributed by atoms with Crippen molar-refractivity contribution in [1.82, 2.24) is 4.72 Å². The highest BCUT2D eigenvalue weighted by molar-refractivity contribution is 7.89. The molecule has 2 aromatic rings. The van der Waals surface area contributed by atoms with Crippen molar-refractivity contribution in [2.75, 3.05) is 18.0 Å². The second-order valence-corrected chi connectivity index (χ2v) is 8.70. The van der Waals surface area contributed by atoms with Crippen LogP contribution in [0.2, 0.25) is 0 Å². The predicted octanol–water partition coefficient (Wildman–Crippen LogP) is 3.21. The van der Waals surface area contributed by atoms with Crippen LogP contribution >= 0.6 is 0 Å². The van der Waals surface area contributed by atoms with Crippen LogP contribution in [0.4, 0.5) is 5.69 Å². The molecule has 2 aromatic carbocycles. The van der Waals surface area contributed by atoms with Crippen molar-refractivity contribution in [2.24, 2.45) is 0 Å². The molecule has 1 aliphatic rings. The van der Waals surface area contributed by atoms with Crippen LogP contribution in [0.1, 0.15) is 36.5 Å². The summed E-state index contributed by atoms with van der Waals surface area (Å²) in [4.78, 5) is 14.0. The van der Waals surface area contributed by atoms with E-state index in [1.54, 1.807) is 23.1 Å². The maximum atomic E-state index is 12.6. The Labute approximate surface area is 161 Å². The minimum atomic E-state index is -3.54. The number of sulfonamides is 1. The van der Waals surface area contributed by atoms with Crippen LogP contribution in [0.15, 0.2) is 47.4 Å². The molecule has 0 saturated heterocycles. The van der Waals surface area contributed by atoms with Crippen molar-refractivity contribution >= 4 is 21.6 Å². The molecule has 1 amide bonds. The van der Waals surface area contributed by atoms with E-state index in [-0.39, 0.29) is 10.8 Å². The second kappa shape index (κ2) is 8.23. The molecule has 0 aromatic heterocycles. The van der Waals surface area contributed by atoms with E-state index in [1.165, 1.54) is 11.1 Å². The lowest BCUT2D eigenvalue weighted by Gasteiger charge is -2.16. The zero-order valence-electron chi connectivity index (χ0n) is 15.9. The summed E-state index contributed by atoms with van der Waals surface area (Å²) in [5.41, 5.74) is 4.17. The number of hydrogen-bond donors (Lipinski definition) is 1. The Balaban J connectivity index is 1.61. The maximum Gasteiger partial charge on any atom is 0.240 e. The first-order valence-electron chi connectivity index (χ1n) is 9.39. The fraction of sp³-hybridized carbons (Fsp3) is 0.381. The SMILES string of the molecule is CCC(=O)N1CCc2cc(S(=O)(=O)NCCCc3cccc(C)c3)ccc21. The fourth-order valence-electron chi connectivity index (χ4n) is 3.45. The van der Waals surface area contributed by atoms with Crippen molar-refractivity contribution in [1.29, 1.82) is 0 Å². The van der Waals surface area contributed by atoms with Crippen LogP contribution in [0, 0.1) is 6.92 Å². The molecular weight excluding hydrogens is 360 g/mol. The van der Waals surface area contributed by atoms with Gasteiger partial charge in [0.05, 0.1) is 4.90 Å². The summed E-state index contributed by atoms with van der Waals surface area (Å²) < 4.78 is 27.8. The minimum absolute atomic E-state index is 0.0682. The van der Waals surface area contributed by atoms with E-state index in [0.29, 0.717) is 25.9 Å². The van der Waals surface area contributed by atoms with E-state index in [0.717, 1.165) is 24.1 Å². The van der Waals surface area contributed by atoms with Crippen LogP contribution < -0.4 is 9.62 Å². The van der Waals surface area contributed by atoms with Crippen molar-refractivity contribution in [3.63, 3.8) is 0 Å². The van der Waals surface area contributed by atoms with E-state index >= 15 is 0 Å². The number of amides is 1. The average Bonchev–Trinajstić information content (AvgIpc) is 3.08. The molecule has 0 unspecified atom stereocenters. The summed E-state index contributed by atoms with van der Waals surface area (Å²) in [6.07, 6.45) is 2.72. The van der Waals surface area contributed by atoms with Crippen molar-refractivity contribution < 1.29 is 13.2 Å². The van der Waals surface area contributed by atoms with Gasteiger partial charge in [-0.25, -0.2) is 13.1 Å². The van der Waals surface area contributed by atoms with Crippen molar-refractivity contribution in [3.05, 3.63) is 59.2 Å². The zero-order valence-corrected chi connectivity index (χ0v) is 16.7. The van der Waals surface area contributed by atoms with Crippen LogP contribution in [0.5, 0.6) is 0 Å². The average molecular weight is 387 g/mol.